The van der Waals surface area contributed by atoms with Crippen molar-refractivity contribution in [1.82, 2.24) is 4.90 Å². The van der Waals surface area contributed by atoms with Gasteiger partial charge in [-0.25, -0.2) is 9.59 Å². The molecule has 0 unspecified atom stereocenters. The molecular weight excluding hydrogens is 332 g/mol. The van der Waals surface area contributed by atoms with Crippen LogP contribution in [0.5, 0.6) is 5.75 Å². The van der Waals surface area contributed by atoms with Crippen LogP contribution in [0, 0.1) is 0 Å². The number of carbonyl (C=O) groups excluding carboxylic acids is 2. The second-order valence-electron chi connectivity index (χ2n) is 5.11. The summed E-state index contributed by atoms with van der Waals surface area (Å²) < 4.78 is 9.72. The summed E-state index contributed by atoms with van der Waals surface area (Å²) in [7, 11) is 2.51. The van der Waals surface area contributed by atoms with E-state index in [1.54, 1.807) is 6.07 Å². The molecule has 1 aliphatic heterocycles. The van der Waals surface area contributed by atoms with E-state index in [0.29, 0.717) is 0 Å². The number of aliphatic hydroxyl groups excluding tert-OH is 1. The molecule has 9 heteroatoms. The first-order chi connectivity index (χ1) is 11.9. The van der Waals surface area contributed by atoms with E-state index in [1.165, 1.54) is 31.3 Å². The zero-order valence-electron chi connectivity index (χ0n) is 13.7. The number of amides is 1. The van der Waals surface area contributed by atoms with Gasteiger partial charge in [-0.2, -0.15) is 0 Å². The van der Waals surface area contributed by atoms with Crippen LogP contribution in [0.4, 0.5) is 5.69 Å². The Bertz CT molecular complexity index is 742. The van der Waals surface area contributed by atoms with Gasteiger partial charge >= 0.3 is 11.9 Å². The summed E-state index contributed by atoms with van der Waals surface area (Å²) in [5.74, 6) is -2.39. The van der Waals surface area contributed by atoms with Crippen molar-refractivity contribution >= 4 is 23.5 Å². The van der Waals surface area contributed by atoms with Crippen LogP contribution in [-0.2, 0) is 14.3 Å². The lowest BCUT2D eigenvalue weighted by atomic mass is 10.1. The number of nitrogens with one attached hydrogen (secondary N) is 1. The lowest BCUT2D eigenvalue weighted by Gasteiger charge is -2.16. The third-order valence-electron chi connectivity index (χ3n) is 3.67. The minimum atomic E-state index is -1.25. The first-order valence-corrected chi connectivity index (χ1v) is 7.33. The summed E-state index contributed by atoms with van der Waals surface area (Å²) in [6.45, 7) is -0.276. The van der Waals surface area contributed by atoms with E-state index in [4.69, 9.17) is 9.84 Å². The Morgan fingerprint density at radius 3 is 2.60 bits per heavy atom. The number of hydrogen-bond donors (Lipinski definition) is 3. The van der Waals surface area contributed by atoms with Crippen LogP contribution >= 0.6 is 0 Å². The molecule has 25 heavy (non-hydrogen) atoms. The lowest BCUT2D eigenvalue weighted by Crippen LogP contribution is -2.31. The van der Waals surface area contributed by atoms with Crippen molar-refractivity contribution in [3.8, 4) is 5.75 Å². The first kappa shape index (κ1) is 18.3. The third kappa shape index (κ3) is 3.56. The van der Waals surface area contributed by atoms with Crippen LogP contribution in [-0.4, -0.2) is 66.9 Å². The van der Waals surface area contributed by atoms with Gasteiger partial charge in [-0.05, 0) is 12.1 Å². The van der Waals surface area contributed by atoms with Crippen molar-refractivity contribution in [3.05, 3.63) is 35.0 Å². The Balaban J connectivity index is 2.47. The Hall–Kier alpha value is -3.07. The van der Waals surface area contributed by atoms with E-state index in [-0.39, 0.29) is 48.0 Å². The number of carboxylic acid groups (broad SMARTS) is 1. The minimum absolute atomic E-state index is 0.0361. The SMILES string of the molecule is COC(=O)C1=C(Nc2cccc(OC)c2C(=O)O)C(=O)N(CCO)C1. The second kappa shape index (κ2) is 7.67. The second-order valence-corrected chi connectivity index (χ2v) is 5.11. The minimum Gasteiger partial charge on any atom is -0.496 e. The largest absolute Gasteiger partial charge is 0.496 e. The van der Waals surface area contributed by atoms with Gasteiger partial charge < -0.3 is 29.9 Å². The first-order valence-electron chi connectivity index (χ1n) is 7.33. The maximum atomic E-state index is 12.5. The van der Waals surface area contributed by atoms with Crippen molar-refractivity contribution in [3.63, 3.8) is 0 Å². The molecule has 0 bridgehead atoms. The number of esters is 1. The number of rotatable bonds is 7. The van der Waals surface area contributed by atoms with Crippen LogP contribution in [0.15, 0.2) is 29.5 Å². The fourth-order valence-corrected chi connectivity index (χ4v) is 2.51. The molecule has 3 N–H and O–H groups in total. The van der Waals surface area contributed by atoms with Gasteiger partial charge in [0.25, 0.3) is 5.91 Å². The van der Waals surface area contributed by atoms with Gasteiger partial charge in [0.2, 0.25) is 0 Å². The van der Waals surface area contributed by atoms with Crippen molar-refractivity contribution in [2.75, 3.05) is 39.2 Å². The number of aliphatic hydroxyl groups is 1. The molecule has 9 nitrogen and oxygen atoms in total. The van der Waals surface area contributed by atoms with Crippen LogP contribution < -0.4 is 10.1 Å². The van der Waals surface area contributed by atoms with Gasteiger partial charge in [0.05, 0.1) is 38.6 Å². The van der Waals surface area contributed by atoms with E-state index in [2.05, 4.69) is 10.1 Å². The predicted octanol–water partition coefficient (Wildman–Crippen LogP) is 0.0669. The standard InChI is InChI=1S/C16H18N2O7/c1-24-11-5-3-4-10(12(11)15(21)22)17-13-9(16(23)25-2)8-18(6-7-19)14(13)20/h3-5,17,19H,6-8H2,1-2H3,(H,21,22). The molecule has 1 amide bonds. The molecule has 0 atom stereocenters. The third-order valence-corrected chi connectivity index (χ3v) is 3.67. The molecule has 0 radical (unpaired) electrons. The van der Waals surface area contributed by atoms with Crippen molar-refractivity contribution in [2.45, 2.75) is 0 Å². The average Bonchev–Trinajstić information content (AvgIpc) is 2.90. The number of β-amino-alcohol motifs (C(OH)–C–C–N with tert-alkyl or cyclic N) is 1. The molecule has 2 rings (SSSR count). The number of ether oxygens (including phenoxy) is 2. The van der Waals surface area contributed by atoms with Crippen LogP contribution in [0.1, 0.15) is 10.4 Å². The number of carboxylic acids is 1. The van der Waals surface area contributed by atoms with Crippen molar-refractivity contribution in [2.24, 2.45) is 0 Å². The molecule has 134 valence electrons. The van der Waals surface area contributed by atoms with Crippen LogP contribution in [0.2, 0.25) is 0 Å². The number of benzene rings is 1. The van der Waals surface area contributed by atoms with Gasteiger partial charge in [-0.3, -0.25) is 4.79 Å². The molecule has 1 heterocycles. The van der Waals surface area contributed by atoms with Gasteiger partial charge in [0.1, 0.15) is 17.0 Å². The number of anilines is 1. The van der Waals surface area contributed by atoms with Gasteiger partial charge in [-0.15, -0.1) is 0 Å². The summed E-state index contributed by atoms with van der Waals surface area (Å²) in [5.41, 5.74) is -0.103. The highest BCUT2D eigenvalue weighted by Gasteiger charge is 2.35. The molecule has 0 saturated carbocycles. The summed E-state index contributed by atoms with van der Waals surface area (Å²) in [6, 6.07) is 4.48. The van der Waals surface area contributed by atoms with E-state index in [1.807, 2.05) is 0 Å². The van der Waals surface area contributed by atoms with Gasteiger partial charge in [0, 0.05) is 6.54 Å². The summed E-state index contributed by atoms with van der Waals surface area (Å²) in [6.07, 6.45) is 0. The number of hydrogen-bond acceptors (Lipinski definition) is 7. The normalized spacial score (nSPS) is 13.9. The van der Waals surface area contributed by atoms with Crippen molar-refractivity contribution in [1.29, 1.82) is 0 Å². The summed E-state index contributed by atoms with van der Waals surface area (Å²) >= 11 is 0. The number of methoxy groups -OCH3 is 2. The maximum Gasteiger partial charge on any atom is 0.341 e. The van der Waals surface area contributed by atoms with E-state index < -0.39 is 17.8 Å². The van der Waals surface area contributed by atoms with E-state index >= 15 is 0 Å². The zero-order valence-corrected chi connectivity index (χ0v) is 13.7. The molecule has 0 saturated heterocycles. The molecule has 0 fully saturated rings. The monoisotopic (exact) mass is 350 g/mol. The number of carbonyl (C=O) groups is 3. The maximum absolute atomic E-state index is 12.5. The molecule has 0 aromatic heterocycles. The zero-order chi connectivity index (χ0) is 18.6. The lowest BCUT2D eigenvalue weighted by molar-refractivity contribution is -0.136. The van der Waals surface area contributed by atoms with Crippen LogP contribution in [0.25, 0.3) is 0 Å². The number of nitrogens with zero attached hydrogens (tertiary/aromatic N) is 1. The molecule has 1 aliphatic rings. The topological polar surface area (TPSA) is 125 Å². The predicted molar refractivity (Wildman–Crippen MR) is 86.3 cm³/mol. The van der Waals surface area contributed by atoms with Crippen LogP contribution in [0.3, 0.4) is 0 Å². The van der Waals surface area contributed by atoms with Gasteiger partial charge in [0.15, 0.2) is 0 Å². The average molecular weight is 350 g/mol. The molecule has 0 spiro atoms. The fourth-order valence-electron chi connectivity index (χ4n) is 2.51. The Morgan fingerprint density at radius 1 is 1.32 bits per heavy atom. The van der Waals surface area contributed by atoms with Gasteiger partial charge in [-0.1, -0.05) is 6.07 Å². The highest BCUT2D eigenvalue weighted by atomic mass is 16.5. The Labute approximate surface area is 143 Å². The molecule has 1 aromatic carbocycles. The highest BCUT2D eigenvalue weighted by Crippen LogP contribution is 2.30. The Morgan fingerprint density at radius 2 is 2.04 bits per heavy atom. The Kier molecular flexibility index (Phi) is 5.60. The fraction of sp³-hybridized carbons (Fsp3) is 0.312. The molecule has 1 aromatic rings. The highest BCUT2D eigenvalue weighted by molar-refractivity contribution is 6.09. The summed E-state index contributed by atoms with van der Waals surface area (Å²) in [4.78, 5) is 37.2. The quantitative estimate of drug-likeness (QED) is 0.590. The molecular formula is C16H18N2O7. The van der Waals surface area contributed by atoms with E-state index in [0.717, 1.165) is 0 Å². The van der Waals surface area contributed by atoms with E-state index in [9.17, 15) is 19.5 Å². The van der Waals surface area contributed by atoms with Crippen molar-refractivity contribution < 1.29 is 34.1 Å². The molecule has 0 aliphatic carbocycles. The smallest absolute Gasteiger partial charge is 0.341 e. The summed E-state index contributed by atoms with van der Waals surface area (Å²) in [5, 5.41) is 21.2. The number of aromatic carboxylic acids is 1.